The summed E-state index contributed by atoms with van der Waals surface area (Å²) in [6.07, 6.45) is 1.76. The molecule has 0 saturated heterocycles. The summed E-state index contributed by atoms with van der Waals surface area (Å²) in [7, 11) is 0. The van der Waals surface area contributed by atoms with Gasteiger partial charge in [0.1, 0.15) is 0 Å². The topological polar surface area (TPSA) is 61.4 Å². The summed E-state index contributed by atoms with van der Waals surface area (Å²) in [6.45, 7) is 7.55. The van der Waals surface area contributed by atoms with Gasteiger partial charge in [-0.3, -0.25) is 0 Å². The number of amides is 2. The molecule has 3 rings (SSSR count). The van der Waals surface area contributed by atoms with Crippen LogP contribution in [0.1, 0.15) is 33.1 Å². The predicted molar refractivity (Wildman–Crippen MR) is 106 cm³/mol. The van der Waals surface area contributed by atoms with Crippen molar-refractivity contribution in [3.8, 4) is 0 Å². The van der Waals surface area contributed by atoms with E-state index >= 15 is 0 Å². The second-order valence-electron chi connectivity index (χ2n) is 6.19. The van der Waals surface area contributed by atoms with Crippen LogP contribution < -0.4 is 10.6 Å². The summed E-state index contributed by atoms with van der Waals surface area (Å²) >= 11 is -0.178. The molecule has 27 heavy (non-hydrogen) atoms. The molecule has 0 aliphatic carbocycles. The molecule has 7 heteroatoms. The van der Waals surface area contributed by atoms with Gasteiger partial charge in [0, 0.05) is 0 Å². The van der Waals surface area contributed by atoms with E-state index in [9.17, 15) is 14.0 Å². The van der Waals surface area contributed by atoms with Crippen molar-refractivity contribution in [2.45, 2.75) is 13.8 Å². The van der Waals surface area contributed by atoms with E-state index in [-0.39, 0.29) is 32.1 Å². The number of rotatable bonds is 7. The molecule has 0 fully saturated rings. The fourth-order valence-corrected chi connectivity index (χ4v) is 4.77. The van der Waals surface area contributed by atoms with Gasteiger partial charge in [-0.2, -0.15) is 0 Å². The van der Waals surface area contributed by atoms with Crippen LogP contribution in [0.3, 0.4) is 0 Å². The van der Waals surface area contributed by atoms with Crippen LogP contribution in [0.2, 0.25) is 0 Å². The molecule has 0 spiro atoms. The van der Waals surface area contributed by atoms with Crippen molar-refractivity contribution in [2.75, 3.05) is 31.5 Å². The Morgan fingerprint density at radius 1 is 1.26 bits per heavy atom. The van der Waals surface area contributed by atoms with Crippen LogP contribution >= 0.6 is 0 Å². The number of carbonyl (C=O) groups excluding carboxylic acids is 2. The summed E-state index contributed by atoms with van der Waals surface area (Å²) in [6, 6.07) is 7.90. The Balaban J connectivity index is 1.69. The molecule has 0 radical (unpaired) electrons. The van der Waals surface area contributed by atoms with Crippen molar-refractivity contribution < 1.29 is 14.0 Å². The number of likely N-dealkylation sites (N-methyl/N-ethyl adjacent to an activating group) is 1. The number of anilines is 1. The van der Waals surface area contributed by atoms with Crippen LogP contribution in [-0.2, 0) is 4.79 Å². The van der Waals surface area contributed by atoms with Gasteiger partial charge in [0.05, 0.1) is 0 Å². The van der Waals surface area contributed by atoms with Crippen molar-refractivity contribution in [3.05, 3.63) is 50.6 Å². The molecule has 2 aromatic rings. The van der Waals surface area contributed by atoms with Crippen LogP contribution in [0.4, 0.5) is 10.1 Å². The molecule has 1 aromatic carbocycles. The molecule has 0 atom stereocenters. The molecule has 1 aliphatic rings. The Morgan fingerprint density at radius 2 is 2.04 bits per heavy atom. The molecule has 5 nitrogen and oxygen atoms in total. The first-order valence-electron chi connectivity index (χ1n) is 8.95. The number of nitrogens with one attached hydrogen (secondary N) is 2. The molecule has 0 saturated carbocycles. The van der Waals surface area contributed by atoms with Crippen molar-refractivity contribution in [2.24, 2.45) is 0 Å². The SMILES string of the molecule is CCN(CC)CCNC(=O)c1ccc(C=C2C(=O)Nc3ccc(F)cc32)[se]1. The Labute approximate surface area is 164 Å². The van der Waals surface area contributed by atoms with Crippen LogP contribution in [0.25, 0.3) is 11.6 Å². The second kappa shape index (κ2) is 8.65. The minimum absolute atomic E-state index is 0.0610. The zero-order valence-electron chi connectivity index (χ0n) is 15.3. The molecular formula is C20H22FN3O2Se. The third-order valence-electron chi connectivity index (χ3n) is 4.51. The minimum atomic E-state index is -0.381. The van der Waals surface area contributed by atoms with Crippen molar-refractivity contribution in [1.29, 1.82) is 0 Å². The van der Waals surface area contributed by atoms with Gasteiger partial charge in [-0.05, 0) is 0 Å². The molecule has 2 N–H and O–H groups in total. The number of nitrogens with zero attached hydrogens (tertiary/aromatic N) is 1. The number of carbonyl (C=O) groups is 2. The Hall–Kier alpha value is -2.21. The normalized spacial score (nSPS) is 14.5. The molecular weight excluding hydrogens is 412 g/mol. The van der Waals surface area contributed by atoms with E-state index in [2.05, 4.69) is 29.4 Å². The van der Waals surface area contributed by atoms with Gasteiger partial charge in [0.2, 0.25) is 0 Å². The van der Waals surface area contributed by atoms with Crippen LogP contribution in [0.15, 0.2) is 30.3 Å². The zero-order chi connectivity index (χ0) is 19.4. The van der Waals surface area contributed by atoms with Gasteiger partial charge in [0.25, 0.3) is 0 Å². The van der Waals surface area contributed by atoms with Gasteiger partial charge in [0.15, 0.2) is 0 Å². The first-order valence-corrected chi connectivity index (χ1v) is 10.7. The Bertz CT molecular complexity index is 887. The summed E-state index contributed by atoms with van der Waals surface area (Å²) in [5, 5.41) is 5.69. The quantitative estimate of drug-likeness (QED) is 0.520. The number of hydrogen-bond donors (Lipinski definition) is 2. The van der Waals surface area contributed by atoms with Crippen LogP contribution in [-0.4, -0.2) is 57.4 Å². The van der Waals surface area contributed by atoms with Crippen molar-refractivity contribution >= 4 is 43.7 Å². The van der Waals surface area contributed by atoms with Gasteiger partial charge in [-0.15, -0.1) is 0 Å². The first-order chi connectivity index (χ1) is 13.0. The Morgan fingerprint density at radius 3 is 2.78 bits per heavy atom. The standard InChI is InChI=1S/C20H22FN3O2Se/c1-3-24(4-2)10-9-22-20(26)18-8-6-14(27-18)12-16-15-11-13(21)5-7-17(15)23-19(16)25/h5-8,11-12H,3-4,9-10H2,1-2H3,(H,22,26)(H,23,25). The fraction of sp³-hybridized carbons (Fsp3) is 0.300. The average molecular weight is 434 g/mol. The fourth-order valence-electron chi connectivity index (χ4n) is 2.95. The molecule has 1 aromatic heterocycles. The van der Waals surface area contributed by atoms with Gasteiger partial charge < -0.3 is 0 Å². The van der Waals surface area contributed by atoms with E-state index in [4.69, 9.17) is 0 Å². The van der Waals surface area contributed by atoms with E-state index in [1.54, 1.807) is 18.2 Å². The molecule has 2 amide bonds. The van der Waals surface area contributed by atoms with Gasteiger partial charge in [-0.1, -0.05) is 0 Å². The van der Waals surface area contributed by atoms with E-state index in [0.717, 1.165) is 28.5 Å². The van der Waals surface area contributed by atoms with Crippen LogP contribution in [0.5, 0.6) is 0 Å². The summed E-state index contributed by atoms with van der Waals surface area (Å²) < 4.78 is 15.2. The average Bonchev–Trinajstić information content (AvgIpc) is 3.24. The molecule has 0 bridgehead atoms. The summed E-state index contributed by atoms with van der Waals surface area (Å²) in [4.78, 5) is 26.8. The third-order valence-corrected chi connectivity index (χ3v) is 6.67. The molecule has 142 valence electrons. The van der Waals surface area contributed by atoms with Crippen molar-refractivity contribution in [1.82, 2.24) is 10.2 Å². The van der Waals surface area contributed by atoms with E-state index < -0.39 is 0 Å². The predicted octanol–water partition coefficient (Wildman–Crippen LogP) is 2.45. The first kappa shape index (κ1) is 19.5. The van der Waals surface area contributed by atoms with Gasteiger partial charge >= 0.3 is 164 Å². The number of benzene rings is 1. The van der Waals surface area contributed by atoms with Crippen LogP contribution in [0, 0.1) is 5.82 Å². The van der Waals surface area contributed by atoms with E-state index in [0.29, 0.717) is 23.4 Å². The summed E-state index contributed by atoms with van der Waals surface area (Å²) in [5.74, 6) is -0.688. The van der Waals surface area contributed by atoms with E-state index in [1.807, 2.05) is 6.07 Å². The van der Waals surface area contributed by atoms with Gasteiger partial charge in [-0.25, -0.2) is 0 Å². The number of hydrogen-bond acceptors (Lipinski definition) is 3. The number of fused-ring (bicyclic) bond motifs is 1. The monoisotopic (exact) mass is 435 g/mol. The number of halogens is 1. The molecule has 2 heterocycles. The van der Waals surface area contributed by atoms with E-state index in [1.165, 1.54) is 12.1 Å². The Kier molecular flexibility index (Phi) is 6.26. The maximum atomic E-state index is 13.5. The zero-order valence-corrected chi connectivity index (χ0v) is 17.1. The second-order valence-corrected chi connectivity index (χ2v) is 8.53. The molecule has 0 unspecified atom stereocenters. The van der Waals surface area contributed by atoms with Crippen molar-refractivity contribution in [3.63, 3.8) is 0 Å². The summed E-state index contributed by atoms with van der Waals surface area (Å²) in [5.41, 5.74) is 1.61. The maximum absolute atomic E-state index is 13.5. The molecule has 1 aliphatic heterocycles. The third kappa shape index (κ3) is 4.56.